The zero-order valence-electron chi connectivity index (χ0n) is 6.40. The molecule has 72 valence electrons. The van der Waals surface area contributed by atoms with Crippen molar-refractivity contribution in [3.05, 3.63) is 0 Å². The Labute approximate surface area is 78.8 Å². The second-order valence-corrected chi connectivity index (χ2v) is 4.77. The van der Waals surface area contributed by atoms with E-state index in [4.69, 9.17) is 11.6 Å². The van der Waals surface area contributed by atoms with Crippen molar-refractivity contribution < 1.29 is 13.2 Å². The first-order valence-corrected chi connectivity index (χ1v) is 5.19. The Bertz CT molecular complexity index is 148. The van der Waals surface area contributed by atoms with E-state index in [1.807, 2.05) is 0 Å². The second-order valence-electron chi connectivity index (χ2n) is 2.90. The van der Waals surface area contributed by atoms with Crippen LogP contribution in [0.5, 0.6) is 0 Å². The maximum absolute atomic E-state index is 11.9. The van der Waals surface area contributed by atoms with Crippen molar-refractivity contribution in [1.29, 1.82) is 0 Å². The normalized spacial score (nSPS) is 32.0. The Kier molecular flexibility index (Phi) is 3.58. The van der Waals surface area contributed by atoms with Crippen LogP contribution in [0.15, 0.2) is 0 Å². The average Bonchev–Trinajstić information content (AvgIpc) is 1.91. The van der Waals surface area contributed by atoms with Crippen LogP contribution in [0.2, 0.25) is 0 Å². The molecule has 0 bridgehead atoms. The summed E-state index contributed by atoms with van der Waals surface area (Å²) in [6, 6.07) is 0. The standard InChI is InChI=1S/C7H10ClF3S/c8-5-3-1-2-4-6(5)12-7(9,10)11/h5-6H,1-4H2. The van der Waals surface area contributed by atoms with Crippen molar-refractivity contribution in [3.8, 4) is 0 Å². The number of thioether (sulfide) groups is 1. The lowest BCUT2D eigenvalue weighted by Gasteiger charge is -2.26. The summed E-state index contributed by atoms with van der Waals surface area (Å²) in [7, 11) is 0. The van der Waals surface area contributed by atoms with Gasteiger partial charge in [0.25, 0.3) is 0 Å². The molecule has 0 aromatic rings. The maximum atomic E-state index is 11.9. The molecule has 0 aliphatic heterocycles. The minimum atomic E-state index is -4.13. The van der Waals surface area contributed by atoms with Crippen LogP contribution in [0.25, 0.3) is 0 Å². The van der Waals surface area contributed by atoms with Crippen molar-refractivity contribution in [2.75, 3.05) is 0 Å². The van der Waals surface area contributed by atoms with E-state index >= 15 is 0 Å². The molecular formula is C7H10ClF3S. The van der Waals surface area contributed by atoms with Gasteiger partial charge in [-0.1, -0.05) is 12.8 Å². The van der Waals surface area contributed by atoms with E-state index < -0.39 is 10.8 Å². The summed E-state index contributed by atoms with van der Waals surface area (Å²) in [5, 5.41) is -0.731. The highest BCUT2D eigenvalue weighted by atomic mass is 35.5. The van der Waals surface area contributed by atoms with Gasteiger partial charge in [0.1, 0.15) is 0 Å². The van der Waals surface area contributed by atoms with E-state index in [9.17, 15) is 13.2 Å². The van der Waals surface area contributed by atoms with Crippen molar-refractivity contribution in [2.45, 2.75) is 41.8 Å². The van der Waals surface area contributed by atoms with Gasteiger partial charge in [-0.05, 0) is 24.6 Å². The Morgan fingerprint density at radius 3 is 2.25 bits per heavy atom. The minimum absolute atomic E-state index is 0.0538. The fourth-order valence-corrected chi connectivity index (χ4v) is 2.70. The van der Waals surface area contributed by atoms with Crippen LogP contribution >= 0.6 is 23.4 Å². The molecule has 0 radical (unpaired) electrons. The van der Waals surface area contributed by atoms with Crippen LogP contribution in [0.3, 0.4) is 0 Å². The molecule has 1 aliphatic rings. The molecule has 0 spiro atoms. The summed E-state index contributed by atoms with van der Waals surface area (Å²) in [5.41, 5.74) is -4.13. The zero-order valence-corrected chi connectivity index (χ0v) is 7.98. The smallest absolute Gasteiger partial charge is 0.160 e. The quantitative estimate of drug-likeness (QED) is 0.604. The lowest BCUT2D eigenvalue weighted by atomic mass is 10.00. The Morgan fingerprint density at radius 1 is 1.17 bits per heavy atom. The lowest BCUT2D eigenvalue weighted by Crippen LogP contribution is -2.25. The molecule has 1 aliphatic carbocycles. The van der Waals surface area contributed by atoms with Crippen LogP contribution in [-0.2, 0) is 0 Å². The van der Waals surface area contributed by atoms with Gasteiger partial charge >= 0.3 is 5.51 Å². The van der Waals surface area contributed by atoms with Crippen molar-refractivity contribution in [3.63, 3.8) is 0 Å². The van der Waals surface area contributed by atoms with Gasteiger partial charge < -0.3 is 0 Å². The second kappa shape index (κ2) is 4.09. The summed E-state index contributed by atoms with van der Waals surface area (Å²) in [6.45, 7) is 0. The van der Waals surface area contributed by atoms with Gasteiger partial charge in [-0.3, -0.25) is 0 Å². The van der Waals surface area contributed by atoms with Crippen LogP contribution in [0.4, 0.5) is 13.2 Å². The number of hydrogen-bond donors (Lipinski definition) is 0. The molecule has 0 heterocycles. The minimum Gasteiger partial charge on any atom is -0.160 e. The van der Waals surface area contributed by atoms with Crippen molar-refractivity contribution in [1.82, 2.24) is 0 Å². The van der Waals surface area contributed by atoms with E-state index in [1.54, 1.807) is 0 Å². The molecule has 1 saturated carbocycles. The summed E-state index contributed by atoms with van der Waals surface area (Å²) in [6.07, 6.45) is 3.15. The molecule has 2 atom stereocenters. The highest BCUT2D eigenvalue weighted by Gasteiger charge is 2.36. The largest absolute Gasteiger partial charge is 0.442 e. The van der Waals surface area contributed by atoms with Crippen molar-refractivity contribution >= 4 is 23.4 Å². The van der Waals surface area contributed by atoms with Gasteiger partial charge in [0.05, 0.1) is 0 Å². The summed E-state index contributed by atoms with van der Waals surface area (Å²) in [5.74, 6) is 0. The topological polar surface area (TPSA) is 0 Å². The van der Waals surface area contributed by atoms with Gasteiger partial charge in [-0.25, -0.2) is 0 Å². The number of alkyl halides is 4. The lowest BCUT2D eigenvalue weighted by molar-refractivity contribution is -0.0335. The van der Waals surface area contributed by atoms with E-state index in [0.717, 1.165) is 19.3 Å². The van der Waals surface area contributed by atoms with Gasteiger partial charge in [-0.2, -0.15) is 13.2 Å². The van der Waals surface area contributed by atoms with E-state index in [2.05, 4.69) is 0 Å². The SMILES string of the molecule is FC(F)(F)SC1CCCCC1Cl. The fraction of sp³-hybridized carbons (Fsp3) is 1.00. The molecule has 0 aromatic carbocycles. The first-order valence-electron chi connectivity index (χ1n) is 3.87. The average molecular weight is 219 g/mol. The van der Waals surface area contributed by atoms with E-state index in [-0.39, 0.29) is 17.1 Å². The Hall–Kier alpha value is 0.430. The molecule has 5 heteroatoms. The molecule has 0 nitrogen and oxygen atoms in total. The fourth-order valence-electron chi connectivity index (χ4n) is 1.36. The van der Waals surface area contributed by atoms with Crippen molar-refractivity contribution in [2.24, 2.45) is 0 Å². The molecule has 12 heavy (non-hydrogen) atoms. The molecular weight excluding hydrogens is 209 g/mol. The van der Waals surface area contributed by atoms with Crippen LogP contribution in [0, 0.1) is 0 Å². The predicted octanol–water partition coefficient (Wildman–Crippen LogP) is 3.79. The van der Waals surface area contributed by atoms with E-state index in [0.29, 0.717) is 6.42 Å². The number of rotatable bonds is 1. The summed E-state index contributed by atoms with van der Waals surface area (Å²) in [4.78, 5) is 0. The van der Waals surface area contributed by atoms with Crippen LogP contribution < -0.4 is 0 Å². The highest BCUT2D eigenvalue weighted by Crippen LogP contribution is 2.41. The van der Waals surface area contributed by atoms with Crippen LogP contribution in [0.1, 0.15) is 25.7 Å². The number of halogens is 4. The predicted molar refractivity (Wildman–Crippen MR) is 45.5 cm³/mol. The number of hydrogen-bond acceptors (Lipinski definition) is 1. The third kappa shape index (κ3) is 3.44. The molecule has 1 rings (SSSR count). The molecule has 0 amide bonds. The summed E-state index contributed by atoms with van der Waals surface area (Å²) < 4.78 is 35.8. The van der Waals surface area contributed by atoms with Gasteiger partial charge in [0.15, 0.2) is 0 Å². The molecule has 1 fully saturated rings. The third-order valence-corrected chi connectivity index (χ3v) is 3.71. The van der Waals surface area contributed by atoms with E-state index in [1.165, 1.54) is 0 Å². The Morgan fingerprint density at radius 2 is 1.75 bits per heavy atom. The first-order chi connectivity index (χ1) is 5.49. The monoisotopic (exact) mass is 218 g/mol. The Balaban J connectivity index is 2.39. The van der Waals surface area contributed by atoms with Gasteiger partial charge in [-0.15, -0.1) is 11.6 Å². The zero-order chi connectivity index (χ0) is 9.19. The van der Waals surface area contributed by atoms with Gasteiger partial charge in [0, 0.05) is 10.6 Å². The van der Waals surface area contributed by atoms with Gasteiger partial charge in [0.2, 0.25) is 0 Å². The highest BCUT2D eigenvalue weighted by molar-refractivity contribution is 8.00. The molecule has 2 unspecified atom stereocenters. The maximum Gasteiger partial charge on any atom is 0.442 e. The molecule has 0 N–H and O–H groups in total. The molecule has 0 aromatic heterocycles. The first kappa shape index (κ1) is 10.5. The third-order valence-electron chi connectivity index (χ3n) is 1.91. The molecule has 0 saturated heterocycles. The summed E-state index contributed by atoms with van der Waals surface area (Å²) >= 11 is 5.82. The van der Waals surface area contributed by atoms with Crippen LogP contribution in [-0.4, -0.2) is 16.1 Å².